The largest absolute Gasteiger partial charge is 0.346 e. The van der Waals surface area contributed by atoms with Crippen LogP contribution in [0.2, 0.25) is 5.02 Å². The van der Waals surface area contributed by atoms with Crippen molar-refractivity contribution in [1.29, 1.82) is 0 Å². The molecule has 2 aromatic heterocycles. The van der Waals surface area contributed by atoms with E-state index >= 15 is 0 Å². The zero-order valence-electron chi connectivity index (χ0n) is 14.2. The molecule has 1 aromatic carbocycles. The van der Waals surface area contributed by atoms with Gasteiger partial charge in [-0.1, -0.05) is 30.7 Å². The number of hydrogen-bond acceptors (Lipinski definition) is 3. The Hall–Kier alpha value is -2.66. The van der Waals surface area contributed by atoms with E-state index < -0.39 is 0 Å². The molecule has 0 atom stereocenters. The number of aryl methyl sites for hydroxylation is 1. The highest BCUT2D eigenvalue weighted by Gasteiger charge is 2.21. The minimum Gasteiger partial charge on any atom is -0.346 e. The number of nitrogens with zero attached hydrogens (tertiary/aromatic N) is 3. The second-order valence-corrected chi connectivity index (χ2v) is 6.09. The minimum absolute atomic E-state index is 0.145. The Bertz CT molecular complexity index is 890. The van der Waals surface area contributed by atoms with E-state index in [1.165, 1.54) is 0 Å². The van der Waals surface area contributed by atoms with Gasteiger partial charge in [-0.2, -0.15) is 5.10 Å². The summed E-state index contributed by atoms with van der Waals surface area (Å²) in [5, 5.41) is 8.11. The summed E-state index contributed by atoms with van der Waals surface area (Å²) in [5.41, 5.74) is 3.82. The van der Waals surface area contributed by atoms with Crippen molar-refractivity contribution in [2.45, 2.75) is 26.8 Å². The van der Waals surface area contributed by atoms with Crippen LogP contribution in [0.4, 0.5) is 0 Å². The van der Waals surface area contributed by atoms with Crippen LogP contribution >= 0.6 is 11.6 Å². The first-order chi connectivity index (χ1) is 12.1. The van der Waals surface area contributed by atoms with Gasteiger partial charge in [0.2, 0.25) is 0 Å². The minimum atomic E-state index is -0.145. The van der Waals surface area contributed by atoms with E-state index in [9.17, 15) is 4.79 Å². The normalized spacial score (nSPS) is 10.7. The van der Waals surface area contributed by atoms with Gasteiger partial charge in [-0.3, -0.25) is 9.78 Å². The summed E-state index contributed by atoms with van der Waals surface area (Å²) < 4.78 is 1.79. The van der Waals surface area contributed by atoms with Crippen LogP contribution in [0.1, 0.15) is 34.4 Å². The van der Waals surface area contributed by atoms with Crippen LogP contribution in [0.25, 0.3) is 5.69 Å². The summed E-state index contributed by atoms with van der Waals surface area (Å²) >= 11 is 6.09. The number of hydrogen-bond donors (Lipinski definition) is 1. The summed E-state index contributed by atoms with van der Waals surface area (Å²) in [5.74, 6) is -0.145. The Labute approximate surface area is 151 Å². The number of halogens is 1. The third-order valence-corrected chi connectivity index (χ3v) is 4.16. The van der Waals surface area contributed by atoms with E-state index in [2.05, 4.69) is 15.4 Å². The lowest BCUT2D eigenvalue weighted by atomic mass is 10.1. The van der Waals surface area contributed by atoms with E-state index in [-0.39, 0.29) is 5.91 Å². The predicted molar refractivity (Wildman–Crippen MR) is 98.1 cm³/mol. The van der Waals surface area contributed by atoms with Crippen molar-refractivity contribution >= 4 is 17.5 Å². The Balaban J connectivity index is 1.90. The molecule has 5 nitrogen and oxygen atoms in total. The van der Waals surface area contributed by atoms with Gasteiger partial charge < -0.3 is 5.32 Å². The number of nitrogens with one attached hydrogen (secondary N) is 1. The van der Waals surface area contributed by atoms with E-state index in [1.54, 1.807) is 10.9 Å². The number of carbonyl (C=O) groups is 1. The molecule has 6 heteroatoms. The van der Waals surface area contributed by atoms with Gasteiger partial charge in [0.05, 0.1) is 34.9 Å². The standard InChI is InChI=1S/C19H19ClN4O/c1-3-17-18(19(25)22-12-15-8-4-5-10-21-15)13(2)23-24(17)16-9-6-7-14(20)11-16/h4-11H,3,12H2,1-2H3,(H,22,25). The van der Waals surface area contributed by atoms with Gasteiger partial charge in [-0.05, 0) is 43.7 Å². The van der Waals surface area contributed by atoms with Gasteiger partial charge in [0, 0.05) is 11.2 Å². The van der Waals surface area contributed by atoms with Crippen LogP contribution in [0.3, 0.4) is 0 Å². The molecule has 0 saturated heterocycles. The first-order valence-corrected chi connectivity index (χ1v) is 8.50. The maximum absolute atomic E-state index is 12.7. The van der Waals surface area contributed by atoms with E-state index in [4.69, 9.17) is 11.6 Å². The quantitative estimate of drug-likeness (QED) is 0.759. The van der Waals surface area contributed by atoms with Crippen LogP contribution in [0.15, 0.2) is 48.7 Å². The topological polar surface area (TPSA) is 59.8 Å². The van der Waals surface area contributed by atoms with E-state index in [1.807, 2.05) is 56.3 Å². The number of rotatable bonds is 5. The molecule has 0 fully saturated rings. The fourth-order valence-corrected chi connectivity index (χ4v) is 2.96. The third kappa shape index (κ3) is 3.72. The summed E-state index contributed by atoms with van der Waals surface area (Å²) in [6.45, 7) is 4.23. The second-order valence-electron chi connectivity index (χ2n) is 5.66. The average Bonchev–Trinajstić information content (AvgIpc) is 2.97. The Kier molecular flexibility index (Phi) is 5.14. The fourth-order valence-electron chi connectivity index (χ4n) is 2.78. The van der Waals surface area contributed by atoms with Crippen LogP contribution in [-0.4, -0.2) is 20.7 Å². The maximum Gasteiger partial charge on any atom is 0.255 e. The number of pyridine rings is 1. The lowest BCUT2D eigenvalue weighted by Crippen LogP contribution is -2.24. The van der Waals surface area contributed by atoms with Crippen molar-refractivity contribution in [1.82, 2.24) is 20.1 Å². The molecule has 2 heterocycles. The molecule has 0 saturated carbocycles. The number of carbonyl (C=O) groups excluding carboxylic acids is 1. The first kappa shape index (κ1) is 17.2. The molecule has 0 aliphatic rings. The van der Waals surface area contributed by atoms with Gasteiger partial charge in [-0.15, -0.1) is 0 Å². The molecule has 25 heavy (non-hydrogen) atoms. The van der Waals surface area contributed by atoms with Crippen LogP contribution in [0.5, 0.6) is 0 Å². The number of benzene rings is 1. The molecule has 0 radical (unpaired) electrons. The molecule has 1 amide bonds. The Morgan fingerprint density at radius 3 is 2.76 bits per heavy atom. The zero-order valence-corrected chi connectivity index (χ0v) is 14.9. The van der Waals surface area contributed by atoms with Gasteiger partial charge in [0.25, 0.3) is 5.91 Å². The molecule has 1 N–H and O–H groups in total. The summed E-state index contributed by atoms with van der Waals surface area (Å²) in [7, 11) is 0. The van der Waals surface area contributed by atoms with Crippen molar-refractivity contribution in [3.8, 4) is 5.69 Å². The second kappa shape index (κ2) is 7.49. The highest BCUT2D eigenvalue weighted by molar-refractivity contribution is 6.30. The molecular weight excluding hydrogens is 336 g/mol. The van der Waals surface area contributed by atoms with Gasteiger partial charge in [0.1, 0.15) is 0 Å². The van der Waals surface area contributed by atoms with E-state index in [0.29, 0.717) is 29.2 Å². The monoisotopic (exact) mass is 354 g/mol. The summed E-state index contributed by atoms with van der Waals surface area (Å²) in [4.78, 5) is 16.9. The number of amides is 1. The average molecular weight is 355 g/mol. The molecule has 0 unspecified atom stereocenters. The van der Waals surface area contributed by atoms with Crippen molar-refractivity contribution in [2.24, 2.45) is 0 Å². The molecule has 0 bridgehead atoms. The molecule has 3 aromatic rings. The SMILES string of the molecule is CCc1c(C(=O)NCc2ccccn2)c(C)nn1-c1cccc(Cl)c1. The molecule has 0 aliphatic carbocycles. The van der Waals surface area contributed by atoms with E-state index in [0.717, 1.165) is 17.1 Å². The zero-order chi connectivity index (χ0) is 17.8. The molecule has 0 spiro atoms. The third-order valence-electron chi connectivity index (χ3n) is 3.93. The molecule has 0 aliphatic heterocycles. The Morgan fingerprint density at radius 1 is 1.24 bits per heavy atom. The molecule has 3 rings (SSSR count). The lowest BCUT2D eigenvalue weighted by molar-refractivity contribution is 0.0949. The summed E-state index contributed by atoms with van der Waals surface area (Å²) in [6, 6.07) is 13.1. The van der Waals surface area contributed by atoms with Crippen molar-refractivity contribution in [3.05, 3.63) is 76.3 Å². The Morgan fingerprint density at radius 2 is 2.08 bits per heavy atom. The van der Waals surface area contributed by atoms with Crippen LogP contribution < -0.4 is 5.32 Å². The smallest absolute Gasteiger partial charge is 0.255 e. The highest BCUT2D eigenvalue weighted by Crippen LogP contribution is 2.21. The van der Waals surface area contributed by atoms with Gasteiger partial charge in [-0.25, -0.2) is 4.68 Å². The van der Waals surface area contributed by atoms with Gasteiger partial charge >= 0.3 is 0 Å². The fraction of sp³-hybridized carbons (Fsp3) is 0.211. The van der Waals surface area contributed by atoms with Gasteiger partial charge in [0.15, 0.2) is 0 Å². The highest BCUT2D eigenvalue weighted by atomic mass is 35.5. The van der Waals surface area contributed by atoms with Crippen molar-refractivity contribution < 1.29 is 4.79 Å². The van der Waals surface area contributed by atoms with Crippen LogP contribution in [-0.2, 0) is 13.0 Å². The first-order valence-electron chi connectivity index (χ1n) is 8.12. The molecular formula is C19H19ClN4O. The molecule has 128 valence electrons. The van der Waals surface area contributed by atoms with Crippen LogP contribution in [0, 0.1) is 6.92 Å². The predicted octanol–water partition coefficient (Wildman–Crippen LogP) is 3.72. The number of aromatic nitrogens is 3. The maximum atomic E-state index is 12.7. The summed E-state index contributed by atoms with van der Waals surface area (Å²) in [6.07, 6.45) is 2.39. The van der Waals surface area contributed by atoms with Crippen molar-refractivity contribution in [2.75, 3.05) is 0 Å². The van der Waals surface area contributed by atoms with Crippen molar-refractivity contribution in [3.63, 3.8) is 0 Å². The lowest BCUT2D eigenvalue weighted by Gasteiger charge is -2.09.